The first-order chi connectivity index (χ1) is 10.8. The van der Waals surface area contributed by atoms with Gasteiger partial charge in [-0.15, -0.1) is 5.10 Å². The molecule has 0 saturated carbocycles. The number of anilines is 1. The lowest BCUT2D eigenvalue weighted by atomic mass is 10.1. The van der Waals surface area contributed by atoms with Crippen LogP contribution in [0, 0.1) is 0 Å². The molecule has 1 amide bonds. The van der Waals surface area contributed by atoms with Gasteiger partial charge in [-0.3, -0.25) is 15.2 Å². The molecule has 3 rings (SSSR count). The van der Waals surface area contributed by atoms with Crippen LogP contribution < -0.4 is 5.32 Å². The van der Waals surface area contributed by atoms with Crippen LogP contribution in [0.3, 0.4) is 0 Å². The number of furan rings is 1. The van der Waals surface area contributed by atoms with E-state index >= 15 is 0 Å². The van der Waals surface area contributed by atoms with Crippen molar-refractivity contribution in [2.24, 2.45) is 0 Å². The van der Waals surface area contributed by atoms with Crippen LogP contribution in [0.15, 0.2) is 53.3 Å². The van der Waals surface area contributed by atoms with E-state index in [0.717, 1.165) is 11.1 Å². The van der Waals surface area contributed by atoms with Gasteiger partial charge in [-0.1, -0.05) is 30.3 Å². The molecule has 0 aliphatic carbocycles. The molecule has 2 N–H and O–H groups in total. The maximum atomic E-state index is 12.3. The Morgan fingerprint density at radius 1 is 1.32 bits per heavy atom. The molecule has 1 atom stereocenters. The molecule has 112 valence electrons. The first-order valence-corrected chi connectivity index (χ1v) is 6.61. The molecule has 0 aliphatic heterocycles. The molecule has 0 bridgehead atoms. The lowest BCUT2D eigenvalue weighted by Crippen LogP contribution is -2.23. The zero-order valence-corrected chi connectivity index (χ0v) is 11.8. The molecule has 7 heteroatoms. The van der Waals surface area contributed by atoms with Gasteiger partial charge in [-0.2, -0.15) is 4.98 Å². The second-order valence-corrected chi connectivity index (χ2v) is 4.54. The van der Waals surface area contributed by atoms with Crippen LogP contribution in [-0.4, -0.2) is 28.2 Å². The van der Waals surface area contributed by atoms with E-state index in [4.69, 9.17) is 9.15 Å². The second kappa shape index (κ2) is 6.23. The summed E-state index contributed by atoms with van der Waals surface area (Å²) in [6.07, 6.45) is 2.35. The molecule has 0 radical (unpaired) electrons. The van der Waals surface area contributed by atoms with Gasteiger partial charge in [0.05, 0.1) is 11.8 Å². The number of ether oxygens (including phenoxy) is 1. The van der Waals surface area contributed by atoms with E-state index in [2.05, 4.69) is 20.5 Å². The highest BCUT2D eigenvalue weighted by Gasteiger charge is 2.21. The number of nitrogens with zero attached hydrogens (tertiary/aromatic N) is 2. The molecule has 0 aliphatic rings. The maximum absolute atomic E-state index is 12.3. The van der Waals surface area contributed by atoms with Crippen LogP contribution in [0.2, 0.25) is 0 Å². The van der Waals surface area contributed by atoms with Crippen molar-refractivity contribution >= 4 is 11.9 Å². The molecule has 0 spiro atoms. The van der Waals surface area contributed by atoms with Crippen molar-refractivity contribution in [1.29, 1.82) is 0 Å². The summed E-state index contributed by atoms with van der Waals surface area (Å²) in [4.78, 5) is 16.5. The fourth-order valence-corrected chi connectivity index (χ4v) is 2.04. The van der Waals surface area contributed by atoms with Crippen molar-refractivity contribution in [3.63, 3.8) is 0 Å². The fourth-order valence-electron chi connectivity index (χ4n) is 2.04. The van der Waals surface area contributed by atoms with Gasteiger partial charge in [-0.25, -0.2) is 0 Å². The number of amides is 1. The molecular weight excluding hydrogens is 284 g/mol. The average Bonchev–Trinajstić information content (AvgIpc) is 3.20. The summed E-state index contributed by atoms with van der Waals surface area (Å²) >= 11 is 0. The van der Waals surface area contributed by atoms with Gasteiger partial charge in [0.1, 0.15) is 6.26 Å². The minimum atomic E-state index is -0.725. The third-order valence-corrected chi connectivity index (χ3v) is 3.09. The zero-order valence-electron chi connectivity index (χ0n) is 11.8. The highest BCUT2D eigenvalue weighted by atomic mass is 16.5. The summed E-state index contributed by atoms with van der Waals surface area (Å²) in [6, 6.07) is 11.0. The Kier molecular flexibility index (Phi) is 3.97. The topological polar surface area (TPSA) is 93.0 Å². The van der Waals surface area contributed by atoms with E-state index < -0.39 is 6.10 Å². The molecule has 1 unspecified atom stereocenters. The molecular formula is C15H14N4O3. The Hall–Kier alpha value is -2.93. The standard InChI is InChI=1S/C15H14N4O3/c1-21-12(10-5-3-2-4-6-10)14(20)17-15-16-13(18-19-15)11-7-8-22-9-11/h2-9,12H,1H3,(H2,16,17,18,19,20). The fraction of sp³-hybridized carbons (Fsp3) is 0.133. The molecule has 22 heavy (non-hydrogen) atoms. The molecule has 2 aromatic heterocycles. The highest BCUT2D eigenvalue weighted by molar-refractivity contribution is 5.93. The number of H-pyrrole nitrogens is 1. The van der Waals surface area contributed by atoms with E-state index in [9.17, 15) is 4.79 Å². The van der Waals surface area contributed by atoms with Crippen LogP contribution in [0.1, 0.15) is 11.7 Å². The van der Waals surface area contributed by atoms with Gasteiger partial charge in [0.2, 0.25) is 5.95 Å². The van der Waals surface area contributed by atoms with Crippen molar-refractivity contribution in [1.82, 2.24) is 15.2 Å². The third-order valence-electron chi connectivity index (χ3n) is 3.09. The SMILES string of the molecule is COC(C(=O)Nc1n[nH]c(-c2ccoc2)n1)c1ccccc1. The summed E-state index contributed by atoms with van der Waals surface area (Å²) in [5, 5.41) is 9.32. The number of carbonyl (C=O) groups is 1. The smallest absolute Gasteiger partial charge is 0.260 e. The Bertz CT molecular complexity index is 737. The summed E-state index contributed by atoms with van der Waals surface area (Å²) in [6.45, 7) is 0. The summed E-state index contributed by atoms with van der Waals surface area (Å²) in [5.41, 5.74) is 1.51. The van der Waals surface area contributed by atoms with E-state index in [0.29, 0.717) is 5.82 Å². The largest absolute Gasteiger partial charge is 0.472 e. The van der Waals surface area contributed by atoms with Gasteiger partial charge in [-0.05, 0) is 11.6 Å². The number of hydrogen-bond acceptors (Lipinski definition) is 5. The average molecular weight is 298 g/mol. The van der Waals surface area contributed by atoms with Crippen LogP contribution in [0.5, 0.6) is 0 Å². The predicted molar refractivity (Wildman–Crippen MR) is 78.9 cm³/mol. The summed E-state index contributed by atoms with van der Waals surface area (Å²) in [5.74, 6) is 0.350. The van der Waals surface area contributed by atoms with Gasteiger partial charge in [0.15, 0.2) is 11.9 Å². The Balaban J connectivity index is 1.73. The van der Waals surface area contributed by atoms with Crippen LogP contribution >= 0.6 is 0 Å². The molecule has 7 nitrogen and oxygen atoms in total. The third kappa shape index (κ3) is 2.89. The first-order valence-electron chi connectivity index (χ1n) is 6.61. The normalized spacial score (nSPS) is 12.0. The van der Waals surface area contributed by atoms with Crippen molar-refractivity contribution < 1.29 is 13.9 Å². The first kappa shape index (κ1) is 14.0. The summed E-state index contributed by atoms with van der Waals surface area (Å²) in [7, 11) is 1.48. The molecule has 2 heterocycles. The van der Waals surface area contributed by atoms with Crippen molar-refractivity contribution in [3.05, 3.63) is 54.5 Å². The van der Waals surface area contributed by atoms with Crippen LogP contribution in [0.4, 0.5) is 5.95 Å². The van der Waals surface area contributed by atoms with Crippen molar-refractivity contribution in [2.75, 3.05) is 12.4 Å². The Labute approximate surface area is 126 Å². The van der Waals surface area contributed by atoms with Crippen molar-refractivity contribution in [2.45, 2.75) is 6.10 Å². The van der Waals surface area contributed by atoms with Gasteiger partial charge >= 0.3 is 0 Å². The lowest BCUT2D eigenvalue weighted by Gasteiger charge is -2.13. The quantitative estimate of drug-likeness (QED) is 0.754. The Morgan fingerprint density at radius 3 is 2.82 bits per heavy atom. The number of carbonyl (C=O) groups excluding carboxylic acids is 1. The number of nitrogens with one attached hydrogen (secondary N) is 2. The van der Waals surface area contributed by atoms with Gasteiger partial charge in [0.25, 0.3) is 5.91 Å². The number of benzene rings is 1. The van der Waals surface area contributed by atoms with Crippen LogP contribution in [0.25, 0.3) is 11.4 Å². The molecule has 1 aromatic carbocycles. The van der Waals surface area contributed by atoms with E-state index in [1.807, 2.05) is 30.3 Å². The zero-order chi connectivity index (χ0) is 15.4. The number of methoxy groups -OCH3 is 1. The predicted octanol–water partition coefficient (Wildman–Crippen LogP) is 2.39. The van der Waals surface area contributed by atoms with E-state index in [1.54, 1.807) is 6.07 Å². The van der Waals surface area contributed by atoms with Gasteiger partial charge < -0.3 is 9.15 Å². The number of aromatic amines is 1. The molecule has 3 aromatic rings. The number of hydrogen-bond donors (Lipinski definition) is 2. The minimum absolute atomic E-state index is 0.180. The highest BCUT2D eigenvalue weighted by Crippen LogP contribution is 2.19. The second-order valence-electron chi connectivity index (χ2n) is 4.54. The van der Waals surface area contributed by atoms with Crippen LogP contribution in [-0.2, 0) is 9.53 Å². The monoisotopic (exact) mass is 298 g/mol. The summed E-state index contributed by atoms with van der Waals surface area (Å²) < 4.78 is 10.2. The number of rotatable bonds is 5. The van der Waals surface area contributed by atoms with E-state index in [1.165, 1.54) is 19.6 Å². The van der Waals surface area contributed by atoms with E-state index in [-0.39, 0.29) is 11.9 Å². The molecule has 0 saturated heterocycles. The van der Waals surface area contributed by atoms with Crippen molar-refractivity contribution in [3.8, 4) is 11.4 Å². The van der Waals surface area contributed by atoms with Gasteiger partial charge in [0, 0.05) is 7.11 Å². The Morgan fingerprint density at radius 2 is 2.14 bits per heavy atom. The lowest BCUT2D eigenvalue weighted by molar-refractivity contribution is -0.126. The number of aromatic nitrogens is 3. The molecule has 0 fully saturated rings. The minimum Gasteiger partial charge on any atom is -0.472 e. The maximum Gasteiger partial charge on any atom is 0.260 e.